The molecule has 1 atom stereocenters. The van der Waals surface area contributed by atoms with Gasteiger partial charge in [-0.25, -0.2) is 13.2 Å². The first-order chi connectivity index (χ1) is 17.0. The maximum absolute atomic E-state index is 14.9. The lowest BCUT2D eigenvalue weighted by Gasteiger charge is -2.27. The molecule has 3 aromatic carbocycles. The summed E-state index contributed by atoms with van der Waals surface area (Å²) < 4.78 is 49.3. The quantitative estimate of drug-likeness (QED) is 0.311. The fourth-order valence-corrected chi connectivity index (χ4v) is 5.23. The highest BCUT2D eigenvalue weighted by atomic mass is 19.2. The molecule has 1 saturated heterocycles. The Bertz CT molecular complexity index is 1200. The van der Waals surface area contributed by atoms with E-state index in [0.717, 1.165) is 44.1 Å². The van der Waals surface area contributed by atoms with E-state index in [1.807, 2.05) is 42.5 Å². The van der Waals surface area contributed by atoms with Crippen molar-refractivity contribution < 1.29 is 17.9 Å². The van der Waals surface area contributed by atoms with Gasteiger partial charge in [0.2, 0.25) is 0 Å². The fourth-order valence-electron chi connectivity index (χ4n) is 5.23. The lowest BCUT2D eigenvalue weighted by molar-refractivity contribution is 0.375. The molecule has 5 rings (SSSR count). The van der Waals surface area contributed by atoms with Crippen LogP contribution in [0.2, 0.25) is 0 Å². The number of allylic oxidation sites excluding steroid dienone is 1. The summed E-state index contributed by atoms with van der Waals surface area (Å²) in [6.07, 6.45) is 9.47. The minimum atomic E-state index is -0.805. The first kappa shape index (κ1) is 23.9. The standard InChI is InChI=1S/C31H31F3O/c1-2-3-20-6-11-23(12-7-20)26-16-14-24(30(33)31(26)34)13-8-21-4-9-22(10-5-21)25-15-17-27(28(32)18-25)29-19-35-29/h6-8,11-18,21-22,29H,2-5,9-10,19H2,1H3/b13-8+. The molecule has 0 bridgehead atoms. The third-order valence-corrected chi connectivity index (χ3v) is 7.41. The van der Waals surface area contributed by atoms with Gasteiger partial charge in [0.25, 0.3) is 0 Å². The van der Waals surface area contributed by atoms with Gasteiger partial charge in [-0.15, -0.1) is 0 Å². The first-order valence-corrected chi connectivity index (χ1v) is 12.7. The topological polar surface area (TPSA) is 12.5 Å². The first-order valence-electron chi connectivity index (χ1n) is 12.7. The summed E-state index contributed by atoms with van der Waals surface area (Å²) in [5.74, 6) is -1.14. The predicted octanol–water partition coefficient (Wildman–Crippen LogP) is 8.78. The molecule has 0 amide bonds. The summed E-state index contributed by atoms with van der Waals surface area (Å²) in [6.45, 7) is 2.72. The van der Waals surface area contributed by atoms with E-state index in [1.165, 1.54) is 5.56 Å². The number of rotatable bonds is 7. The molecule has 3 aromatic rings. The van der Waals surface area contributed by atoms with Crippen LogP contribution in [0.5, 0.6) is 0 Å². The summed E-state index contributed by atoms with van der Waals surface area (Å²) in [5.41, 5.74) is 4.14. The van der Waals surface area contributed by atoms with Crippen LogP contribution in [0, 0.1) is 23.4 Å². The van der Waals surface area contributed by atoms with Crippen molar-refractivity contribution in [1.82, 2.24) is 0 Å². The molecule has 182 valence electrons. The van der Waals surface area contributed by atoms with Crippen LogP contribution in [-0.2, 0) is 11.2 Å². The Morgan fingerprint density at radius 2 is 1.63 bits per heavy atom. The van der Waals surface area contributed by atoms with Crippen LogP contribution < -0.4 is 0 Å². The predicted molar refractivity (Wildman–Crippen MR) is 135 cm³/mol. The van der Waals surface area contributed by atoms with Crippen molar-refractivity contribution in [2.24, 2.45) is 5.92 Å². The molecule has 0 spiro atoms. The van der Waals surface area contributed by atoms with Crippen LogP contribution in [0.25, 0.3) is 17.2 Å². The molecule has 1 unspecified atom stereocenters. The van der Waals surface area contributed by atoms with E-state index in [0.29, 0.717) is 29.6 Å². The Kier molecular flexibility index (Phi) is 7.10. The molecule has 0 aromatic heterocycles. The Hall–Kier alpha value is -2.85. The number of hydrogen-bond acceptors (Lipinski definition) is 1. The summed E-state index contributed by atoms with van der Waals surface area (Å²) in [6, 6.07) is 16.5. The van der Waals surface area contributed by atoms with E-state index in [4.69, 9.17) is 4.74 Å². The third-order valence-electron chi connectivity index (χ3n) is 7.41. The Morgan fingerprint density at radius 1 is 0.886 bits per heavy atom. The molecule has 1 nitrogen and oxygen atoms in total. The number of halogens is 3. The highest BCUT2D eigenvalue weighted by Gasteiger charge is 2.29. The molecule has 0 N–H and O–H groups in total. The number of aryl methyl sites for hydroxylation is 1. The second-order valence-corrected chi connectivity index (χ2v) is 9.85. The van der Waals surface area contributed by atoms with Gasteiger partial charge in [0.15, 0.2) is 11.6 Å². The van der Waals surface area contributed by atoms with Crippen LogP contribution in [0.15, 0.2) is 60.7 Å². The lowest BCUT2D eigenvalue weighted by Crippen LogP contribution is -2.12. The van der Waals surface area contributed by atoms with Gasteiger partial charge in [0.1, 0.15) is 11.9 Å². The number of hydrogen-bond donors (Lipinski definition) is 0. The molecule has 1 saturated carbocycles. The van der Waals surface area contributed by atoms with Gasteiger partial charge in [0.05, 0.1) is 6.61 Å². The molecule has 0 radical (unpaired) electrons. The van der Waals surface area contributed by atoms with Crippen molar-refractivity contribution in [2.75, 3.05) is 6.61 Å². The Labute approximate surface area is 205 Å². The maximum atomic E-state index is 14.9. The van der Waals surface area contributed by atoms with Gasteiger partial charge in [-0.05, 0) is 66.7 Å². The third kappa shape index (κ3) is 5.38. The van der Waals surface area contributed by atoms with Gasteiger partial charge in [-0.2, -0.15) is 0 Å². The molecule has 1 heterocycles. The Morgan fingerprint density at radius 3 is 2.29 bits per heavy atom. The second kappa shape index (κ2) is 10.4. The summed E-state index contributed by atoms with van der Waals surface area (Å²) in [7, 11) is 0. The maximum Gasteiger partial charge on any atom is 0.167 e. The van der Waals surface area contributed by atoms with Crippen molar-refractivity contribution in [1.29, 1.82) is 0 Å². The molecular weight excluding hydrogens is 445 g/mol. The SMILES string of the molecule is CCCc1ccc(-c2ccc(/C=C/C3CCC(c4ccc(C5CO5)c(F)c4)CC3)c(F)c2F)cc1. The van der Waals surface area contributed by atoms with Crippen molar-refractivity contribution in [3.05, 3.63) is 100 Å². The zero-order chi connectivity index (χ0) is 24.4. The van der Waals surface area contributed by atoms with Crippen LogP contribution in [-0.4, -0.2) is 6.61 Å². The zero-order valence-electron chi connectivity index (χ0n) is 20.1. The zero-order valence-corrected chi connectivity index (χ0v) is 20.1. The van der Waals surface area contributed by atoms with Crippen LogP contribution in [0.3, 0.4) is 0 Å². The minimum absolute atomic E-state index is 0.0736. The molecule has 2 aliphatic rings. The second-order valence-electron chi connectivity index (χ2n) is 9.85. The highest BCUT2D eigenvalue weighted by molar-refractivity contribution is 5.67. The smallest absolute Gasteiger partial charge is 0.167 e. The van der Waals surface area contributed by atoms with Crippen molar-refractivity contribution in [3.63, 3.8) is 0 Å². The lowest BCUT2D eigenvalue weighted by atomic mass is 9.78. The number of epoxide rings is 1. The van der Waals surface area contributed by atoms with E-state index in [1.54, 1.807) is 24.3 Å². The number of benzene rings is 3. The summed E-state index contributed by atoms with van der Waals surface area (Å²) in [4.78, 5) is 0. The average Bonchev–Trinajstić information content (AvgIpc) is 3.71. The van der Waals surface area contributed by atoms with Gasteiger partial charge in [0, 0.05) is 16.7 Å². The van der Waals surface area contributed by atoms with E-state index < -0.39 is 11.6 Å². The molecule has 4 heteroatoms. The molecule has 35 heavy (non-hydrogen) atoms. The molecule has 1 aliphatic carbocycles. The average molecular weight is 477 g/mol. The summed E-state index contributed by atoms with van der Waals surface area (Å²) >= 11 is 0. The van der Waals surface area contributed by atoms with Crippen molar-refractivity contribution >= 4 is 6.08 Å². The summed E-state index contributed by atoms with van der Waals surface area (Å²) in [5, 5.41) is 0. The van der Waals surface area contributed by atoms with E-state index in [2.05, 4.69) is 6.92 Å². The van der Waals surface area contributed by atoms with E-state index in [-0.39, 0.29) is 23.0 Å². The molecule has 2 fully saturated rings. The van der Waals surface area contributed by atoms with Gasteiger partial charge >= 0.3 is 0 Å². The van der Waals surface area contributed by atoms with Crippen LogP contribution in [0.4, 0.5) is 13.2 Å². The number of ether oxygens (including phenoxy) is 1. The van der Waals surface area contributed by atoms with Gasteiger partial charge in [-0.3, -0.25) is 0 Å². The normalized spacial score (nSPS) is 22.0. The Balaban J connectivity index is 1.22. The van der Waals surface area contributed by atoms with Crippen LogP contribution in [0.1, 0.15) is 73.3 Å². The largest absolute Gasteiger partial charge is 0.368 e. The van der Waals surface area contributed by atoms with E-state index in [9.17, 15) is 13.2 Å². The van der Waals surface area contributed by atoms with Crippen molar-refractivity contribution in [2.45, 2.75) is 57.5 Å². The van der Waals surface area contributed by atoms with E-state index >= 15 is 0 Å². The van der Waals surface area contributed by atoms with Crippen LogP contribution >= 0.6 is 0 Å². The van der Waals surface area contributed by atoms with Crippen molar-refractivity contribution in [3.8, 4) is 11.1 Å². The highest BCUT2D eigenvalue weighted by Crippen LogP contribution is 2.39. The van der Waals surface area contributed by atoms with Gasteiger partial charge in [-0.1, -0.05) is 74.0 Å². The molecular formula is C31H31F3O. The minimum Gasteiger partial charge on any atom is -0.368 e. The molecule has 1 aliphatic heterocycles. The fraction of sp³-hybridized carbons (Fsp3) is 0.355. The monoisotopic (exact) mass is 476 g/mol. The van der Waals surface area contributed by atoms with Gasteiger partial charge < -0.3 is 4.74 Å².